The minimum absolute atomic E-state index is 0. The molecule has 4 rings (SSSR count). The van der Waals surface area contributed by atoms with Crippen LogP contribution in [0.2, 0.25) is 0 Å². The average molecular weight is 397 g/mol. The van der Waals surface area contributed by atoms with Gasteiger partial charge in [-0.1, -0.05) is 31.0 Å². The van der Waals surface area contributed by atoms with Crippen LogP contribution < -0.4 is 10.1 Å². The number of rotatable bonds is 4. The SMILES string of the molecule is COc1ccc2cc([C@@H](C3CCCC3)N3CCNCC3)ccc2c1.Cl.Cl. The monoisotopic (exact) mass is 396 g/mol. The first-order valence-electron chi connectivity index (χ1n) is 9.37. The highest BCUT2D eigenvalue weighted by Crippen LogP contribution is 2.40. The molecule has 2 aliphatic rings. The zero-order valence-corrected chi connectivity index (χ0v) is 17.1. The standard InChI is InChI=1S/C21H28N2O.2ClH/c1-24-20-9-8-17-14-19(7-6-18(17)15-20)21(16-4-2-3-5-16)23-12-10-22-11-13-23;;/h6-9,14-16,21-22H,2-5,10-13H2,1H3;2*1H/t21-;;/m1../s1. The predicted octanol–water partition coefficient (Wildman–Crippen LogP) is 4.83. The molecule has 0 aromatic heterocycles. The van der Waals surface area contributed by atoms with Gasteiger partial charge in [-0.15, -0.1) is 24.8 Å². The van der Waals surface area contributed by atoms with Gasteiger partial charge in [-0.2, -0.15) is 0 Å². The largest absolute Gasteiger partial charge is 0.497 e. The molecule has 2 aromatic rings. The summed E-state index contributed by atoms with van der Waals surface area (Å²) >= 11 is 0. The van der Waals surface area contributed by atoms with Gasteiger partial charge in [0, 0.05) is 32.2 Å². The van der Waals surface area contributed by atoms with Gasteiger partial charge in [0.1, 0.15) is 5.75 Å². The summed E-state index contributed by atoms with van der Waals surface area (Å²) in [6, 6.07) is 14.0. The first-order valence-corrected chi connectivity index (χ1v) is 9.37. The number of hydrogen-bond donors (Lipinski definition) is 1. The van der Waals surface area contributed by atoms with Crippen molar-refractivity contribution in [3.63, 3.8) is 0 Å². The fourth-order valence-corrected chi connectivity index (χ4v) is 4.57. The Morgan fingerprint density at radius 1 is 0.962 bits per heavy atom. The van der Waals surface area contributed by atoms with Gasteiger partial charge in [0.05, 0.1) is 7.11 Å². The highest BCUT2D eigenvalue weighted by atomic mass is 35.5. The van der Waals surface area contributed by atoms with Crippen LogP contribution in [0.1, 0.15) is 37.3 Å². The van der Waals surface area contributed by atoms with Crippen LogP contribution in [0.15, 0.2) is 36.4 Å². The molecule has 1 atom stereocenters. The number of nitrogens with zero attached hydrogens (tertiary/aromatic N) is 1. The van der Waals surface area contributed by atoms with Crippen LogP contribution in [0.4, 0.5) is 0 Å². The van der Waals surface area contributed by atoms with Crippen molar-refractivity contribution in [2.75, 3.05) is 33.3 Å². The van der Waals surface area contributed by atoms with Crippen LogP contribution in [0, 0.1) is 5.92 Å². The van der Waals surface area contributed by atoms with Gasteiger partial charge in [0.2, 0.25) is 0 Å². The van der Waals surface area contributed by atoms with Crippen LogP contribution >= 0.6 is 24.8 Å². The average Bonchev–Trinajstić information content (AvgIpc) is 3.16. The summed E-state index contributed by atoms with van der Waals surface area (Å²) in [4.78, 5) is 2.72. The van der Waals surface area contributed by atoms with Gasteiger partial charge in [-0.05, 0) is 53.3 Å². The van der Waals surface area contributed by atoms with Crippen molar-refractivity contribution in [2.45, 2.75) is 31.7 Å². The maximum Gasteiger partial charge on any atom is 0.119 e. The molecule has 2 aromatic carbocycles. The number of fused-ring (bicyclic) bond motifs is 1. The fourth-order valence-electron chi connectivity index (χ4n) is 4.57. The van der Waals surface area contributed by atoms with E-state index in [2.05, 4.69) is 46.6 Å². The van der Waals surface area contributed by atoms with E-state index in [1.54, 1.807) is 7.11 Å². The molecule has 1 saturated heterocycles. The molecule has 1 N–H and O–H groups in total. The summed E-state index contributed by atoms with van der Waals surface area (Å²) in [7, 11) is 1.73. The van der Waals surface area contributed by atoms with Gasteiger partial charge in [0.15, 0.2) is 0 Å². The molecule has 1 aliphatic heterocycles. The van der Waals surface area contributed by atoms with Crippen LogP contribution in [-0.4, -0.2) is 38.2 Å². The molecular weight excluding hydrogens is 367 g/mol. The molecule has 1 heterocycles. The fraction of sp³-hybridized carbons (Fsp3) is 0.524. The number of nitrogens with one attached hydrogen (secondary N) is 1. The van der Waals surface area contributed by atoms with Crippen LogP contribution in [0.25, 0.3) is 10.8 Å². The Hall–Kier alpha value is -1.000. The number of benzene rings is 2. The molecule has 3 nitrogen and oxygen atoms in total. The second kappa shape index (κ2) is 9.80. The van der Waals surface area contributed by atoms with Gasteiger partial charge in [-0.3, -0.25) is 4.90 Å². The normalized spacial score (nSPS) is 19.6. The van der Waals surface area contributed by atoms with E-state index in [-0.39, 0.29) is 24.8 Å². The number of ether oxygens (including phenoxy) is 1. The first kappa shape index (κ1) is 21.3. The van der Waals surface area contributed by atoms with E-state index in [4.69, 9.17) is 4.74 Å². The third kappa shape index (κ3) is 4.45. The van der Waals surface area contributed by atoms with E-state index in [1.165, 1.54) is 55.1 Å². The molecule has 5 heteroatoms. The summed E-state index contributed by atoms with van der Waals surface area (Å²) in [5, 5.41) is 6.09. The molecule has 0 bridgehead atoms. The van der Waals surface area contributed by atoms with Crippen LogP contribution in [-0.2, 0) is 0 Å². The van der Waals surface area contributed by atoms with Gasteiger partial charge < -0.3 is 10.1 Å². The summed E-state index contributed by atoms with van der Waals surface area (Å²) in [6.07, 6.45) is 5.57. The molecule has 0 spiro atoms. The van der Waals surface area contributed by atoms with E-state index < -0.39 is 0 Å². The third-order valence-electron chi connectivity index (χ3n) is 5.80. The van der Waals surface area contributed by atoms with Crippen molar-refractivity contribution in [3.8, 4) is 5.75 Å². The molecule has 144 valence electrons. The number of hydrogen-bond acceptors (Lipinski definition) is 3. The van der Waals surface area contributed by atoms with Crippen molar-refractivity contribution in [2.24, 2.45) is 5.92 Å². The van der Waals surface area contributed by atoms with Crippen molar-refractivity contribution in [1.29, 1.82) is 0 Å². The van der Waals surface area contributed by atoms with Crippen molar-refractivity contribution in [1.82, 2.24) is 10.2 Å². The molecule has 1 aliphatic carbocycles. The maximum atomic E-state index is 5.36. The Morgan fingerprint density at radius 3 is 2.31 bits per heavy atom. The third-order valence-corrected chi connectivity index (χ3v) is 5.80. The minimum Gasteiger partial charge on any atom is -0.497 e. The Labute approximate surface area is 169 Å². The van der Waals surface area contributed by atoms with E-state index in [9.17, 15) is 0 Å². The predicted molar refractivity (Wildman–Crippen MR) is 114 cm³/mol. The second-order valence-electron chi connectivity index (χ2n) is 7.25. The zero-order valence-electron chi connectivity index (χ0n) is 15.4. The van der Waals surface area contributed by atoms with Crippen molar-refractivity contribution >= 4 is 35.6 Å². The van der Waals surface area contributed by atoms with Gasteiger partial charge in [0.25, 0.3) is 0 Å². The minimum atomic E-state index is 0. The quantitative estimate of drug-likeness (QED) is 0.800. The molecule has 1 saturated carbocycles. The molecule has 0 radical (unpaired) electrons. The Bertz CT molecular complexity index is 697. The number of halogens is 2. The lowest BCUT2D eigenvalue weighted by molar-refractivity contribution is 0.125. The van der Waals surface area contributed by atoms with E-state index in [0.29, 0.717) is 6.04 Å². The van der Waals surface area contributed by atoms with Crippen molar-refractivity contribution in [3.05, 3.63) is 42.0 Å². The van der Waals surface area contributed by atoms with Crippen LogP contribution in [0.5, 0.6) is 5.75 Å². The molecule has 0 unspecified atom stereocenters. The smallest absolute Gasteiger partial charge is 0.119 e. The van der Waals surface area contributed by atoms with E-state index >= 15 is 0 Å². The Balaban J connectivity index is 0.00000121. The van der Waals surface area contributed by atoms with Gasteiger partial charge in [-0.25, -0.2) is 0 Å². The summed E-state index contributed by atoms with van der Waals surface area (Å²) in [5.41, 5.74) is 1.50. The highest BCUT2D eigenvalue weighted by molar-refractivity contribution is 5.86. The zero-order chi connectivity index (χ0) is 16.4. The van der Waals surface area contributed by atoms with Crippen LogP contribution in [0.3, 0.4) is 0 Å². The summed E-state index contributed by atoms with van der Waals surface area (Å²) in [6.45, 7) is 4.58. The molecule has 0 amide bonds. The number of methoxy groups -OCH3 is 1. The number of piperazine rings is 1. The second-order valence-corrected chi connectivity index (χ2v) is 7.25. The lowest BCUT2D eigenvalue weighted by atomic mass is 9.88. The summed E-state index contributed by atoms with van der Waals surface area (Å²) in [5.74, 6) is 1.75. The first-order chi connectivity index (χ1) is 11.8. The lowest BCUT2D eigenvalue weighted by Crippen LogP contribution is -2.46. The highest BCUT2D eigenvalue weighted by Gasteiger charge is 2.31. The topological polar surface area (TPSA) is 24.5 Å². The van der Waals surface area contributed by atoms with Crippen molar-refractivity contribution < 1.29 is 4.74 Å². The van der Waals surface area contributed by atoms with Gasteiger partial charge >= 0.3 is 0 Å². The summed E-state index contributed by atoms with van der Waals surface area (Å²) < 4.78 is 5.36. The molecular formula is C21H30Cl2N2O. The van der Waals surface area contributed by atoms with E-state index in [0.717, 1.165) is 24.8 Å². The maximum absolute atomic E-state index is 5.36. The lowest BCUT2D eigenvalue weighted by Gasteiger charge is -2.38. The Morgan fingerprint density at radius 2 is 1.62 bits per heavy atom. The molecule has 2 fully saturated rings. The van der Waals surface area contributed by atoms with E-state index in [1.807, 2.05) is 0 Å². The Kier molecular flexibility index (Phi) is 8.03. The molecule has 26 heavy (non-hydrogen) atoms.